The predicted octanol–water partition coefficient (Wildman–Crippen LogP) is 10.5. The molecule has 6 rings (SSSR count). The minimum Gasteiger partial charge on any atom is -0.481 e. The van der Waals surface area contributed by atoms with E-state index in [-0.39, 0.29) is 45.5 Å². The third-order valence-corrected chi connectivity index (χ3v) is 17.3. The van der Waals surface area contributed by atoms with Crippen molar-refractivity contribution in [1.29, 1.82) is 0 Å². The third kappa shape index (κ3) is 7.46. The van der Waals surface area contributed by atoms with Crippen LogP contribution in [0.4, 0.5) is 0 Å². The quantitative estimate of drug-likeness (QED) is 0.199. The van der Waals surface area contributed by atoms with Gasteiger partial charge in [-0.25, -0.2) is 0 Å². The van der Waals surface area contributed by atoms with Gasteiger partial charge in [0.05, 0.1) is 11.8 Å². The van der Waals surface area contributed by atoms with Gasteiger partial charge in [-0.3, -0.25) is 19.3 Å². The molecule has 0 unspecified atom stereocenters. The number of likely N-dealkylation sites (N-methyl/N-ethyl adjacent to an activating group) is 1. The Balaban J connectivity index is 1.26. The number of carboxylic acids is 1. The Labute approximate surface area is 343 Å². The monoisotopic (exact) mass is 793 g/mol. The van der Waals surface area contributed by atoms with Crippen molar-refractivity contribution in [2.75, 3.05) is 33.7 Å². The number of benzene rings is 1. The second-order valence-electron chi connectivity index (χ2n) is 21.6. The summed E-state index contributed by atoms with van der Waals surface area (Å²) in [7, 11) is 4.29. The zero-order valence-corrected chi connectivity index (χ0v) is 37.4. The topological polar surface area (TPSA) is 87.2 Å². The standard InChI is InChI=1S/C48H73ClN2O5/c1-31(2)40-35(52)28-48(24-25-51(27-26-50(10)11)30-32-12-14-33(49)15-13-32)23-22-46(8)34(41(40)48)16-17-37-45(7)20-19-38(56-39(53)29-43(3,4)42(54)55)44(5,6)36(45)18-21-47(37,46)9/h12-15,31,34,36-38H,16-30H2,1-11H3,(H,54,55)/t34-,36+,37-,38+,45+,46-,47-,48-/m1/s1. The Bertz CT molecular complexity index is 1700. The molecule has 0 heterocycles. The van der Waals surface area contributed by atoms with Gasteiger partial charge in [0.25, 0.3) is 0 Å². The molecule has 5 aliphatic rings. The second kappa shape index (κ2) is 15.4. The highest BCUT2D eigenvalue weighted by Gasteiger charge is 2.70. The summed E-state index contributed by atoms with van der Waals surface area (Å²) >= 11 is 6.26. The van der Waals surface area contributed by atoms with Crippen LogP contribution in [0.1, 0.15) is 139 Å². The lowest BCUT2D eigenvalue weighted by atomic mass is 9.33. The molecule has 0 spiro atoms. The maximum Gasteiger partial charge on any atom is 0.309 e. The first-order valence-electron chi connectivity index (χ1n) is 21.8. The van der Waals surface area contributed by atoms with E-state index in [4.69, 9.17) is 16.3 Å². The number of nitrogens with zero attached hydrogens (tertiary/aromatic N) is 2. The van der Waals surface area contributed by atoms with Crippen molar-refractivity contribution in [3.8, 4) is 0 Å². The molecule has 1 aromatic carbocycles. The Morgan fingerprint density at radius 2 is 1.57 bits per heavy atom. The van der Waals surface area contributed by atoms with Crippen LogP contribution in [0.25, 0.3) is 0 Å². The summed E-state index contributed by atoms with van der Waals surface area (Å²) in [6, 6.07) is 8.28. The molecule has 1 aromatic rings. The number of hydrogen-bond acceptors (Lipinski definition) is 6. The van der Waals surface area contributed by atoms with E-state index in [1.54, 1.807) is 19.4 Å². The van der Waals surface area contributed by atoms with Gasteiger partial charge in [0, 0.05) is 41.9 Å². The summed E-state index contributed by atoms with van der Waals surface area (Å²) in [6.07, 6.45) is 9.97. The van der Waals surface area contributed by atoms with Gasteiger partial charge in [0.15, 0.2) is 5.78 Å². The average molecular weight is 794 g/mol. The fourth-order valence-electron chi connectivity index (χ4n) is 13.7. The van der Waals surface area contributed by atoms with E-state index >= 15 is 0 Å². The van der Waals surface area contributed by atoms with Crippen LogP contribution >= 0.6 is 11.6 Å². The molecule has 0 radical (unpaired) electrons. The number of aliphatic carboxylic acids is 1. The van der Waals surface area contributed by atoms with E-state index in [2.05, 4.69) is 84.5 Å². The number of ether oxygens (including phenoxy) is 1. The average Bonchev–Trinajstić information content (AvgIpc) is 3.40. The first-order valence-corrected chi connectivity index (χ1v) is 22.2. The van der Waals surface area contributed by atoms with Crippen LogP contribution in [0, 0.1) is 56.2 Å². The van der Waals surface area contributed by atoms with Gasteiger partial charge in [0.1, 0.15) is 6.10 Å². The molecular formula is C48H73ClN2O5. The molecular weight excluding hydrogens is 720 g/mol. The maximum absolute atomic E-state index is 14.3. The molecule has 1 N–H and O–H groups in total. The fraction of sp³-hybridized carbons (Fsp3) is 0.771. The van der Waals surface area contributed by atoms with E-state index < -0.39 is 17.4 Å². The van der Waals surface area contributed by atoms with Gasteiger partial charge in [-0.2, -0.15) is 0 Å². The normalized spacial score (nSPS) is 35.3. The van der Waals surface area contributed by atoms with Crippen LogP contribution in [0.15, 0.2) is 35.4 Å². The number of Topliss-reactive ketones (excluding diaryl/α,β-unsaturated/α-hetero) is 1. The van der Waals surface area contributed by atoms with Crippen LogP contribution in [-0.2, 0) is 25.7 Å². The maximum atomic E-state index is 14.3. The summed E-state index contributed by atoms with van der Waals surface area (Å²) in [5, 5.41) is 10.4. The molecule has 5 aliphatic carbocycles. The molecule has 56 heavy (non-hydrogen) atoms. The Morgan fingerprint density at radius 1 is 0.893 bits per heavy atom. The highest BCUT2D eigenvalue weighted by molar-refractivity contribution is 6.30. The number of rotatable bonds is 13. The van der Waals surface area contributed by atoms with Crippen LogP contribution in [0.5, 0.6) is 0 Å². The van der Waals surface area contributed by atoms with Crippen LogP contribution in [-0.4, -0.2) is 72.5 Å². The zero-order valence-electron chi connectivity index (χ0n) is 36.7. The molecule has 0 aliphatic heterocycles. The number of halogens is 1. The lowest BCUT2D eigenvalue weighted by Crippen LogP contribution is -2.65. The zero-order chi connectivity index (χ0) is 41.2. The highest BCUT2D eigenvalue weighted by atomic mass is 35.5. The lowest BCUT2D eigenvalue weighted by molar-refractivity contribution is -0.233. The molecule has 0 aromatic heterocycles. The van der Waals surface area contributed by atoms with Crippen LogP contribution in [0.3, 0.4) is 0 Å². The number of hydrogen-bond donors (Lipinski definition) is 1. The van der Waals surface area contributed by atoms with Crippen molar-refractivity contribution in [3.05, 3.63) is 46.0 Å². The van der Waals surface area contributed by atoms with Crippen molar-refractivity contribution in [1.82, 2.24) is 9.80 Å². The predicted molar refractivity (Wildman–Crippen MR) is 225 cm³/mol. The lowest BCUT2D eigenvalue weighted by Gasteiger charge is -2.72. The highest BCUT2D eigenvalue weighted by Crippen LogP contribution is 2.77. The second-order valence-corrected chi connectivity index (χ2v) is 22.1. The number of fused-ring (bicyclic) bond motifs is 7. The van der Waals surface area contributed by atoms with Crippen molar-refractivity contribution in [3.63, 3.8) is 0 Å². The summed E-state index contributed by atoms with van der Waals surface area (Å²) in [4.78, 5) is 44.1. The Kier molecular flexibility index (Phi) is 11.9. The van der Waals surface area contributed by atoms with E-state index in [0.717, 1.165) is 88.1 Å². The van der Waals surface area contributed by atoms with Crippen LogP contribution < -0.4 is 0 Å². The van der Waals surface area contributed by atoms with Gasteiger partial charge < -0.3 is 14.7 Å². The van der Waals surface area contributed by atoms with E-state index in [9.17, 15) is 19.5 Å². The summed E-state index contributed by atoms with van der Waals surface area (Å²) in [6.45, 7) is 23.9. The first kappa shape index (κ1) is 43.4. The SMILES string of the molecule is CC(C)C1=C2[C@H]3CC[C@@H]4[C@@]5(C)CC[C@H](OC(=O)CC(C)(C)C(=O)O)C(C)(C)[C@@H]5CC[C@@]4(C)[C@]3(C)CC[C@@]2(CCN(CCN(C)C)Cc2ccc(Cl)cc2)CC1=O. The van der Waals surface area contributed by atoms with Gasteiger partial charge in [-0.05, 0) is 155 Å². The minimum atomic E-state index is -1.15. The van der Waals surface area contributed by atoms with E-state index in [0.29, 0.717) is 30.0 Å². The molecule has 4 fully saturated rings. The summed E-state index contributed by atoms with van der Waals surface area (Å²) in [5.74, 6) is 0.614. The van der Waals surface area contributed by atoms with Gasteiger partial charge in [0.2, 0.25) is 0 Å². The summed E-state index contributed by atoms with van der Waals surface area (Å²) in [5.41, 5.74) is 2.89. The van der Waals surface area contributed by atoms with Crippen molar-refractivity contribution >= 4 is 29.3 Å². The van der Waals surface area contributed by atoms with Gasteiger partial charge in [-0.1, -0.05) is 77.8 Å². The Morgan fingerprint density at radius 3 is 2.20 bits per heavy atom. The number of carbonyl (C=O) groups excluding carboxylic acids is 2. The number of ketones is 1. The van der Waals surface area contributed by atoms with Crippen LogP contribution in [0.2, 0.25) is 5.02 Å². The molecule has 4 saturated carbocycles. The number of allylic oxidation sites excluding steroid dienone is 2. The molecule has 8 heteroatoms. The van der Waals surface area contributed by atoms with Gasteiger partial charge >= 0.3 is 11.9 Å². The van der Waals surface area contributed by atoms with Crippen molar-refractivity contribution in [2.45, 2.75) is 146 Å². The summed E-state index contributed by atoms with van der Waals surface area (Å²) < 4.78 is 6.21. The fourth-order valence-corrected chi connectivity index (χ4v) is 13.8. The van der Waals surface area contributed by atoms with E-state index in [1.165, 1.54) is 12.0 Å². The Hall–Kier alpha value is -2.22. The molecule has 8 atom stereocenters. The molecule has 312 valence electrons. The van der Waals surface area contributed by atoms with Crippen molar-refractivity contribution in [2.24, 2.45) is 56.2 Å². The van der Waals surface area contributed by atoms with E-state index in [1.807, 2.05) is 12.1 Å². The molecule has 0 amide bonds. The van der Waals surface area contributed by atoms with Gasteiger partial charge in [-0.15, -0.1) is 0 Å². The molecule has 0 bridgehead atoms. The number of carboxylic acid groups (broad SMARTS) is 1. The minimum absolute atomic E-state index is 0.0688. The number of esters is 1. The molecule has 7 nitrogen and oxygen atoms in total. The number of carbonyl (C=O) groups is 3. The van der Waals surface area contributed by atoms with Crippen molar-refractivity contribution < 1.29 is 24.2 Å². The third-order valence-electron chi connectivity index (χ3n) is 17.0. The largest absolute Gasteiger partial charge is 0.481 e. The first-order chi connectivity index (χ1) is 26.0. The smallest absolute Gasteiger partial charge is 0.309 e. The molecule has 0 saturated heterocycles.